The predicted octanol–water partition coefficient (Wildman–Crippen LogP) is -1.22. The molecule has 2 rings (SSSR count). The molecule has 0 saturated heterocycles. The van der Waals surface area contributed by atoms with Crippen molar-refractivity contribution in [1.29, 1.82) is 0 Å². The van der Waals surface area contributed by atoms with E-state index in [1.165, 1.54) is 17.3 Å². The van der Waals surface area contributed by atoms with Crippen LogP contribution in [-0.4, -0.2) is 35.4 Å². The molecule has 0 fully saturated rings. The molecule has 10 heavy (non-hydrogen) atoms. The number of tetrazole rings is 1. The second-order valence-electron chi connectivity index (χ2n) is 1.56. The SMILES string of the molecule is c1ncn(-c2nnn[nH]2)n1. The van der Waals surface area contributed by atoms with Gasteiger partial charge in [0.25, 0.3) is 5.95 Å². The lowest BCUT2D eigenvalue weighted by Crippen LogP contribution is -1.96. The highest BCUT2D eigenvalue weighted by atomic mass is 15.5. The molecule has 0 amide bonds. The molecule has 0 aromatic carbocycles. The zero-order valence-corrected chi connectivity index (χ0v) is 4.84. The third-order valence-electron chi connectivity index (χ3n) is 0.970. The molecular formula is C3H3N7. The highest BCUT2D eigenvalue weighted by Gasteiger charge is 1.97. The number of nitrogens with zero attached hydrogens (tertiary/aromatic N) is 6. The summed E-state index contributed by atoms with van der Waals surface area (Å²) >= 11 is 0. The van der Waals surface area contributed by atoms with Gasteiger partial charge in [0.05, 0.1) is 0 Å². The quantitative estimate of drug-likeness (QED) is 0.532. The summed E-state index contributed by atoms with van der Waals surface area (Å²) in [7, 11) is 0. The number of H-pyrrole nitrogens is 1. The lowest BCUT2D eigenvalue weighted by Gasteiger charge is -1.86. The normalized spacial score (nSPS) is 10.0. The van der Waals surface area contributed by atoms with E-state index < -0.39 is 0 Å². The zero-order chi connectivity index (χ0) is 6.81. The van der Waals surface area contributed by atoms with Crippen LogP contribution in [0.5, 0.6) is 0 Å². The van der Waals surface area contributed by atoms with Crippen LogP contribution in [0.1, 0.15) is 0 Å². The second-order valence-corrected chi connectivity index (χ2v) is 1.56. The number of hydrogen-bond acceptors (Lipinski definition) is 5. The number of aromatic amines is 1. The molecule has 2 aromatic rings. The standard InChI is InChI=1S/C3H3N7/c1-4-2-10(5-1)3-6-8-9-7-3/h1-2H,(H,6,7,8,9). The van der Waals surface area contributed by atoms with E-state index in [0.717, 1.165) is 0 Å². The Kier molecular flexibility index (Phi) is 0.938. The molecule has 0 bridgehead atoms. The summed E-state index contributed by atoms with van der Waals surface area (Å²) in [5, 5.41) is 16.7. The van der Waals surface area contributed by atoms with E-state index in [0.29, 0.717) is 5.95 Å². The van der Waals surface area contributed by atoms with E-state index >= 15 is 0 Å². The first-order valence-electron chi connectivity index (χ1n) is 2.55. The van der Waals surface area contributed by atoms with Crippen molar-refractivity contribution in [3.05, 3.63) is 12.7 Å². The number of hydrogen-bond donors (Lipinski definition) is 1. The molecule has 0 aliphatic rings. The van der Waals surface area contributed by atoms with Crippen molar-refractivity contribution < 1.29 is 0 Å². The van der Waals surface area contributed by atoms with Crippen LogP contribution < -0.4 is 0 Å². The summed E-state index contributed by atoms with van der Waals surface area (Å²) in [5.41, 5.74) is 0. The van der Waals surface area contributed by atoms with Crippen molar-refractivity contribution in [3.8, 4) is 5.95 Å². The molecule has 7 nitrogen and oxygen atoms in total. The summed E-state index contributed by atoms with van der Waals surface area (Å²) in [5.74, 6) is 0.456. The minimum Gasteiger partial charge on any atom is -0.223 e. The molecule has 0 spiro atoms. The van der Waals surface area contributed by atoms with Crippen LogP contribution >= 0.6 is 0 Å². The summed E-state index contributed by atoms with van der Waals surface area (Å²) in [6.07, 6.45) is 2.91. The van der Waals surface area contributed by atoms with Gasteiger partial charge in [0.2, 0.25) is 0 Å². The molecule has 2 aromatic heterocycles. The van der Waals surface area contributed by atoms with E-state index in [2.05, 4.69) is 30.7 Å². The Morgan fingerprint density at radius 2 is 2.50 bits per heavy atom. The molecule has 0 atom stereocenters. The fourth-order valence-electron chi connectivity index (χ4n) is 0.569. The summed E-state index contributed by atoms with van der Waals surface area (Å²) in [6, 6.07) is 0. The summed E-state index contributed by atoms with van der Waals surface area (Å²) in [4.78, 5) is 3.71. The van der Waals surface area contributed by atoms with Crippen molar-refractivity contribution in [1.82, 2.24) is 35.4 Å². The zero-order valence-electron chi connectivity index (χ0n) is 4.84. The third kappa shape index (κ3) is 0.642. The molecular weight excluding hydrogens is 134 g/mol. The Morgan fingerprint density at radius 3 is 3.10 bits per heavy atom. The Hall–Kier alpha value is -1.79. The van der Waals surface area contributed by atoms with Crippen LogP contribution in [0.3, 0.4) is 0 Å². The third-order valence-corrected chi connectivity index (χ3v) is 0.970. The molecule has 0 aliphatic carbocycles. The highest BCUT2D eigenvalue weighted by Crippen LogP contribution is 1.88. The minimum absolute atomic E-state index is 0.456. The van der Waals surface area contributed by atoms with Crippen LogP contribution in [0.4, 0.5) is 0 Å². The van der Waals surface area contributed by atoms with Gasteiger partial charge < -0.3 is 0 Å². The van der Waals surface area contributed by atoms with Crippen LogP contribution in [0.15, 0.2) is 12.7 Å². The van der Waals surface area contributed by atoms with Gasteiger partial charge in [0.1, 0.15) is 12.7 Å². The fourth-order valence-corrected chi connectivity index (χ4v) is 0.569. The van der Waals surface area contributed by atoms with Gasteiger partial charge >= 0.3 is 0 Å². The van der Waals surface area contributed by atoms with E-state index in [-0.39, 0.29) is 0 Å². The maximum absolute atomic E-state index is 3.79. The lowest BCUT2D eigenvalue weighted by atomic mass is 11.0. The maximum atomic E-state index is 3.79. The van der Waals surface area contributed by atoms with Gasteiger partial charge in [-0.3, -0.25) is 0 Å². The first-order chi connectivity index (χ1) is 4.97. The number of rotatable bonds is 1. The second kappa shape index (κ2) is 1.87. The first kappa shape index (κ1) is 5.03. The van der Waals surface area contributed by atoms with Gasteiger partial charge in [-0.2, -0.15) is 9.78 Å². The van der Waals surface area contributed by atoms with Crippen LogP contribution in [0.2, 0.25) is 0 Å². The Morgan fingerprint density at radius 1 is 1.50 bits per heavy atom. The largest absolute Gasteiger partial charge is 0.269 e. The maximum Gasteiger partial charge on any atom is 0.269 e. The van der Waals surface area contributed by atoms with Gasteiger partial charge in [-0.15, -0.1) is 0 Å². The van der Waals surface area contributed by atoms with Crippen LogP contribution in [0, 0.1) is 0 Å². The average molecular weight is 137 g/mol. The molecule has 50 valence electrons. The topological polar surface area (TPSA) is 85.2 Å². The summed E-state index contributed by atoms with van der Waals surface area (Å²) < 4.78 is 1.43. The van der Waals surface area contributed by atoms with Gasteiger partial charge in [-0.25, -0.2) is 10.1 Å². The van der Waals surface area contributed by atoms with Crippen molar-refractivity contribution in [2.45, 2.75) is 0 Å². The van der Waals surface area contributed by atoms with Crippen LogP contribution in [0.25, 0.3) is 5.95 Å². The molecule has 7 heteroatoms. The van der Waals surface area contributed by atoms with Crippen molar-refractivity contribution in [2.24, 2.45) is 0 Å². The van der Waals surface area contributed by atoms with E-state index in [1.807, 2.05) is 0 Å². The monoisotopic (exact) mass is 137 g/mol. The Balaban J connectivity index is 2.48. The van der Waals surface area contributed by atoms with Crippen LogP contribution in [-0.2, 0) is 0 Å². The van der Waals surface area contributed by atoms with Gasteiger partial charge in [0, 0.05) is 0 Å². The highest BCUT2D eigenvalue weighted by molar-refractivity contribution is 4.98. The molecule has 0 saturated carbocycles. The van der Waals surface area contributed by atoms with Crippen molar-refractivity contribution in [2.75, 3.05) is 0 Å². The lowest BCUT2D eigenvalue weighted by molar-refractivity contribution is 0.810. The molecule has 1 N–H and O–H groups in total. The first-order valence-corrected chi connectivity index (χ1v) is 2.55. The Bertz CT molecular complexity index is 248. The predicted molar refractivity (Wildman–Crippen MR) is 29.1 cm³/mol. The van der Waals surface area contributed by atoms with Gasteiger partial charge in [0.15, 0.2) is 0 Å². The number of nitrogens with one attached hydrogen (secondary N) is 1. The minimum atomic E-state index is 0.456. The van der Waals surface area contributed by atoms with E-state index in [9.17, 15) is 0 Å². The molecule has 0 radical (unpaired) electrons. The Labute approximate surface area is 55.1 Å². The molecule has 0 unspecified atom stereocenters. The van der Waals surface area contributed by atoms with Gasteiger partial charge in [-0.05, 0) is 10.4 Å². The smallest absolute Gasteiger partial charge is 0.223 e. The van der Waals surface area contributed by atoms with Crippen molar-refractivity contribution >= 4 is 0 Å². The fraction of sp³-hybridized carbons (Fsp3) is 0. The van der Waals surface area contributed by atoms with Crippen molar-refractivity contribution in [3.63, 3.8) is 0 Å². The van der Waals surface area contributed by atoms with E-state index in [1.54, 1.807) is 0 Å². The van der Waals surface area contributed by atoms with E-state index in [4.69, 9.17) is 0 Å². The average Bonchev–Trinajstić information content (AvgIpc) is 2.59. The molecule has 2 heterocycles. The summed E-state index contributed by atoms with van der Waals surface area (Å²) in [6.45, 7) is 0. The van der Waals surface area contributed by atoms with Gasteiger partial charge in [-0.1, -0.05) is 5.10 Å². The molecule has 0 aliphatic heterocycles. The number of aromatic nitrogens is 7.